The Kier molecular flexibility index (Phi) is 3.43. The summed E-state index contributed by atoms with van der Waals surface area (Å²) in [4.78, 5) is 4.71. The lowest BCUT2D eigenvalue weighted by atomic mass is 10.0. The molecular weight excluding hydrogens is 265 g/mol. The van der Waals surface area contributed by atoms with E-state index in [-0.39, 0.29) is 12.4 Å². The largest absolute Gasteiger partial charge is 0.392 e. The van der Waals surface area contributed by atoms with Crippen LogP contribution in [0.3, 0.4) is 0 Å². The van der Waals surface area contributed by atoms with Gasteiger partial charge in [0.15, 0.2) is 0 Å². The van der Waals surface area contributed by atoms with E-state index in [9.17, 15) is 4.39 Å². The number of halogens is 1. The van der Waals surface area contributed by atoms with Crippen molar-refractivity contribution in [3.05, 3.63) is 65.0 Å². The maximum Gasteiger partial charge on any atom is 0.124 e. The number of hydrogen-bond donors (Lipinski definition) is 1. The minimum atomic E-state index is -0.235. The van der Waals surface area contributed by atoms with Crippen LogP contribution in [0.2, 0.25) is 0 Å². The van der Waals surface area contributed by atoms with E-state index < -0.39 is 0 Å². The third kappa shape index (κ3) is 2.52. The van der Waals surface area contributed by atoms with Crippen molar-refractivity contribution < 1.29 is 9.50 Å². The van der Waals surface area contributed by atoms with Crippen molar-refractivity contribution in [1.82, 2.24) is 4.98 Å². The summed E-state index contributed by atoms with van der Waals surface area (Å²) in [6.07, 6.45) is 0. The number of fused-ring (bicyclic) bond motifs is 1. The van der Waals surface area contributed by atoms with Gasteiger partial charge in [-0.2, -0.15) is 0 Å². The van der Waals surface area contributed by atoms with Crippen LogP contribution >= 0.6 is 0 Å². The summed E-state index contributed by atoms with van der Waals surface area (Å²) in [6.45, 7) is 3.87. The lowest BCUT2D eigenvalue weighted by Gasteiger charge is -2.10. The summed E-state index contributed by atoms with van der Waals surface area (Å²) >= 11 is 0. The van der Waals surface area contributed by atoms with Crippen molar-refractivity contribution in [2.45, 2.75) is 20.5 Å². The molecule has 1 heterocycles. The van der Waals surface area contributed by atoms with Gasteiger partial charge >= 0.3 is 0 Å². The fourth-order valence-electron chi connectivity index (χ4n) is 2.59. The Labute approximate surface area is 122 Å². The predicted octanol–water partition coefficient (Wildman–Crippen LogP) is 4.15. The summed E-state index contributed by atoms with van der Waals surface area (Å²) in [6, 6.07) is 12.7. The molecule has 2 nitrogen and oxygen atoms in total. The van der Waals surface area contributed by atoms with Crippen LogP contribution in [0.1, 0.15) is 16.7 Å². The lowest BCUT2D eigenvalue weighted by Crippen LogP contribution is -1.93. The molecule has 1 aromatic heterocycles. The fourth-order valence-corrected chi connectivity index (χ4v) is 2.59. The molecule has 21 heavy (non-hydrogen) atoms. The molecule has 0 aliphatic heterocycles. The van der Waals surface area contributed by atoms with Crippen molar-refractivity contribution in [3.63, 3.8) is 0 Å². The van der Waals surface area contributed by atoms with Crippen LogP contribution in [-0.2, 0) is 6.61 Å². The van der Waals surface area contributed by atoms with Gasteiger partial charge in [-0.25, -0.2) is 9.37 Å². The van der Waals surface area contributed by atoms with Gasteiger partial charge in [0.1, 0.15) is 5.82 Å². The first-order valence-corrected chi connectivity index (χ1v) is 6.86. The van der Waals surface area contributed by atoms with Crippen LogP contribution in [0.4, 0.5) is 4.39 Å². The number of rotatable bonds is 2. The second-order valence-corrected chi connectivity index (χ2v) is 5.30. The zero-order valence-corrected chi connectivity index (χ0v) is 12.0. The van der Waals surface area contributed by atoms with Gasteiger partial charge in [-0.3, -0.25) is 0 Å². The van der Waals surface area contributed by atoms with Crippen LogP contribution in [0.25, 0.3) is 22.2 Å². The van der Waals surface area contributed by atoms with E-state index >= 15 is 0 Å². The van der Waals surface area contributed by atoms with Crippen LogP contribution in [0.15, 0.2) is 42.5 Å². The second kappa shape index (κ2) is 5.26. The first kappa shape index (κ1) is 13.7. The second-order valence-electron chi connectivity index (χ2n) is 5.30. The van der Waals surface area contributed by atoms with Gasteiger partial charge in [-0.1, -0.05) is 24.3 Å². The van der Waals surface area contributed by atoms with E-state index in [4.69, 9.17) is 10.1 Å². The molecule has 0 spiro atoms. The van der Waals surface area contributed by atoms with E-state index in [2.05, 4.69) is 0 Å². The van der Waals surface area contributed by atoms with E-state index in [0.717, 1.165) is 38.9 Å². The average Bonchev–Trinajstić information content (AvgIpc) is 2.46. The monoisotopic (exact) mass is 281 g/mol. The molecule has 0 atom stereocenters. The van der Waals surface area contributed by atoms with Crippen LogP contribution in [-0.4, -0.2) is 10.1 Å². The fraction of sp³-hybridized carbons (Fsp3) is 0.167. The number of hydrogen-bond acceptors (Lipinski definition) is 2. The molecule has 0 saturated heterocycles. The number of aromatic nitrogens is 1. The summed E-state index contributed by atoms with van der Waals surface area (Å²) in [5.74, 6) is -0.235. The van der Waals surface area contributed by atoms with E-state index in [1.54, 1.807) is 0 Å². The van der Waals surface area contributed by atoms with Crippen molar-refractivity contribution in [2.75, 3.05) is 0 Å². The zero-order chi connectivity index (χ0) is 15.0. The van der Waals surface area contributed by atoms with E-state index in [1.807, 2.05) is 44.2 Å². The minimum Gasteiger partial charge on any atom is -0.392 e. The molecule has 0 fully saturated rings. The number of aliphatic hydroxyl groups excluding tert-OH is 1. The Balaban J connectivity index is 2.20. The summed E-state index contributed by atoms with van der Waals surface area (Å²) < 4.78 is 13.5. The van der Waals surface area contributed by atoms with Crippen LogP contribution in [0, 0.1) is 19.7 Å². The lowest BCUT2D eigenvalue weighted by molar-refractivity contribution is 0.282. The summed E-state index contributed by atoms with van der Waals surface area (Å²) in [5.41, 5.74) is 5.41. The molecule has 3 heteroatoms. The Bertz CT molecular complexity index is 810. The SMILES string of the molecule is Cc1cc2cc(F)cc(C)c2nc1-c1ccc(CO)cc1. The molecule has 0 amide bonds. The van der Waals surface area contributed by atoms with E-state index in [1.165, 1.54) is 12.1 Å². The molecular formula is C18H16FNO. The number of aryl methyl sites for hydroxylation is 2. The Morgan fingerprint density at radius 3 is 2.38 bits per heavy atom. The summed E-state index contributed by atoms with van der Waals surface area (Å²) in [5, 5.41) is 9.93. The van der Waals surface area contributed by atoms with Crippen molar-refractivity contribution >= 4 is 10.9 Å². The molecule has 1 N–H and O–H groups in total. The minimum absolute atomic E-state index is 0.0306. The van der Waals surface area contributed by atoms with Crippen LogP contribution in [0.5, 0.6) is 0 Å². The molecule has 0 aliphatic rings. The van der Waals surface area contributed by atoms with E-state index in [0.29, 0.717) is 0 Å². The van der Waals surface area contributed by atoms with Crippen molar-refractivity contribution in [1.29, 1.82) is 0 Å². The molecule has 0 saturated carbocycles. The normalized spacial score (nSPS) is 11.0. The van der Waals surface area contributed by atoms with Crippen LogP contribution < -0.4 is 0 Å². The molecule has 3 aromatic rings. The molecule has 106 valence electrons. The van der Waals surface area contributed by atoms with Gasteiger partial charge in [0, 0.05) is 10.9 Å². The number of pyridine rings is 1. The van der Waals surface area contributed by atoms with Gasteiger partial charge in [-0.15, -0.1) is 0 Å². The summed E-state index contributed by atoms with van der Waals surface area (Å²) in [7, 11) is 0. The first-order valence-electron chi connectivity index (χ1n) is 6.86. The van der Waals surface area contributed by atoms with Gasteiger partial charge in [0.05, 0.1) is 17.8 Å². The molecule has 0 aliphatic carbocycles. The van der Waals surface area contributed by atoms with Gasteiger partial charge in [0.2, 0.25) is 0 Å². The Morgan fingerprint density at radius 1 is 1.00 bits per heavy atom. The molecule has 0 radical (unpaired) electrons. The molecule has 2 aromatic carbocycles. The number of aliphatic hydroxyl groups is 1. The first-order chi connectivity index (χ1) is 10.1. The topological polar surface area (TPSA) is 33.1 Å². The Hall–Kier alpha value is -2.26. The van der Waals surface area contributed by atoms with Crippen molar-refractivity contribution in [2.24, 2.45) is 0 Å². The highest BCUT2D eigenvalue weighted by molar-refractivity contribution is 5.85. The molecule has 0 bridgehead atoms. The maximum absolute atomic E-state index is 13.5. The molecule has 3 rings (SSSR count). The highest BCUT2D eigenvalue weighted by atomic mass is 19.1. The zero-order valence-electron chi connectivity index (χ0n) is 12.0. The highest BCUT2D eigenvalue weighted by Gasteiger charge is 2.09. The quantitative estimate of drug-likeness (QED) is 0.765. The number of benzene rings is 2. The molecule has 0 unspecified atom stereocenters. The Morgan fingerprint density at radius 2 is 1.71 bits per heavy atom. The predicted molar refractivity (Wildman–Crippen MR) is 82.5 cm³/mol. The average molecular weight is 281 g/mol. The maximum atomic E-state index is 13.5. The van der Waals surface area contributed by atoms with Gasteiger partial charge in [-0.05, 0) is 48.7 Å². The van der Waals surface area contributed by atoms with Crippen molar-refractivity contribution in [3.8, 4) is 11.3 Å². The standard InChI is InChI=1S/C18H16FNO/c1-11-7-15-9-16(19)8-12(2)18(15)20-17(11)14-5-3-13(10-21)4-6-14/h3-9,21H,10H2,1-2H3. The smallest absolute Gasteiger partial charge is 0.124 e. The highest BCUT2D eigenvalue weighted by Crippen LogP contribution is 2.27. The van der Waals surface area contributed by atoms with Gasteiger partial charge in [0.25, 0.3) is 0 Å². The van der Waals surface area contributed by atoms with Gasteiger partial charge < -0.3 is 5.11 Å². The number of nitrogens with zero attached hydrogens (tertiary/aromatic N) is 1. The third-order valence-corrected chi connectivity index (χ3v) is 3.67. The third-order valence-electron chi connectivity index (χ3n) is 3.67.